The number of halogens is 1. The molecule has 7 heteroatoms. The van der Waals surface area contributed by atoms with Gasteiger partial charge in [-0.3, -0.25) is 0 Å². The molecule has 0 aliphatic carbocycles. The molecule has 3 aromatic rings. The quantitative estimate of drug-likeness (QED) is 0.275. The topological polar surface area (TPSA) is 64.8 Å². The summed E-state index contributed by atoms with van der Waals surface area (Å²) >= 11 is 9.99. The van der Waals surface area contributed by atoms with Crippen molar-refractivity contribution < 1.29 is 14.3 Å². The van der Waals surface area contributed by atoms with Gasteiger partial charge >= 0.3 is 6.03 Å². The fourth-order valence-electron chi connectivity index (χ4n) is 2.98. The van der Waals surface area contributed by atoms with E-state index < -0.39 is 6.03 Å². The first-order valence-electron chi connectivity index (χ1n) is 10.0. The van der Waals surface area contributed by atoms with Crippen LogP contribution < -0.4 is 19.5 Å². The highest BCUT2D eigenvalue weighted by Gasteiger charge is 2.08. The summed E-state index contributed by atoms with van der Waals surface area (Å²) in [6.07, 6.45) is 2.83. The average molecular weight is 457 g/mol. The van der Waals surface area contributed by atoms with Gasteiger partial charge in [0.2, 0.25) is 0 Å². The van der Waals surface area contributed by atoms with E-state index in [0.29, 0.717) is 24.7 Å². The number of nitrogens with two attached hydrogens (primary N) is 1. The molecule has 0 fully saturated rings. The number of amides is 2. The fraction of sp³-hybridized carbons (Fsp3) is 0.208. The largest absolute Gasteiger partial charge is 0.494 e. The number of primary amides is 1. The molecule has 0 spiro atoms. The van der Waals surface area contributed by atoms with Crippen LogP contribution in [0.4, 0.5) is 10.5 Å². The van der Waals surface area contributed by atoms with Crippen molar-refractivity contribution >= 4 is 36.1 Å². The predicted octanol–water partition coefficient (Wildman–Crippen LogP) is 6.37. The van der Waals surface area contributed by atoms with Crippen molar-refractivity contribution in [3.05, 3.63) is 77.8 Å². The molecule has 2 N–H and O–H groups in total. The Hall–Kier alpha value is -2.83. The number of hydrogen-bond donors (Lipinski definition) is 2. The molecular formula is C24H25ClN2O3S. The van der Waals surface area contributed by atoms with Gasteiger partial charge in [-0.05, 0) is 66.8 Å². The van der Waals surface area contributed by atoms with Crippen LogP contribution in [0.5, 0.6) is 11.5 Å². The molecule has 0 unspecified atom stereocenters. The number of rotatable bonds is 10. The van der Waals surface area contributed by atoms with E-state index in [0.717, 1.165) is 45.5 Å². The Balaban J connectivity index is 1.33. The summed E-state index contributed by atoms with van der Waals surface area (Å²) in [5.41, 5.74) is 8.04. The molecule has 0 radical (unpaired) electrons. The third-order valence-electron chi connectivity index (χ3n) is 4.63. The van der Waals surface area contributed by atoms with Crippen LogP contribution in [0.1, 0.15) is 19.3 Å². The number of hydrogen-bond acceptors (Lipinski definition) is 4. The summed E-state index contributed by atoms with van der Waals surface area (Å²) < 4.78 is 12.6. The normalized spacial score (nSPS) is 10.5. The molecule has 0 aromatic heterocycles. The van der Waals surface area contributed by atoms with Gasteiger partial charge in [-0.25, -0.2) is 9.10 Å². The third kappa shape index (κ3) is 7.12. The summed E-state index contributed by atoms with van der Waals surface area (Å²) in [5.74, 6) is 1.53. The first-order chi connectivity index (χ1) is 15.0. The number of thiol groups is 1. The third-order valence-corrected chi connectivity index (χ3v) is 5.31. The molecule has 0 saturated heterocycles. The van der Waals surface area contributed by atoms with E-state index in [1.54, 1.807) is 18.2 Å². The Kier molecular flexibility index (Phi) is 8.50. The number of ether oxygens (including phenoxy) is 2. The van der Waals surface area contributed by atoms with E-state index in [1.165, 1.54) is 0 Å². The summed E-state index contributed by atoms with van der Waals surface area (Å²) in [6, 6.07) is 22.3. The van der Waals surface area contributed by atoms with Crippen LogP contribution in [-0.2, 0) is 0 Å². The van der Waals surface area contributed by atoms with E-state index in [1.807, 2.05) is 54.6 Å². The number of benzene rings is 3. The Morgan fingerprint density at radius 3 is 2.03 bits per heavy atom. The van der Waals surface area contributed by atoms with Gasteiger partial charge < -0.3 is 15.2 Å². The molecule has 0 heterocycles. The summed E-state index contributed by atoms with van der Waals surface area (Å²) in [6.45, 7) is 1.24. The molecule has 0 aliphatic rings. The van der Waals surface area contributed by atoms with E-state index in [-0.39, 0.29) is 0 Å². The minimum Gasteiger partial charge on any atom is -0.494 e. The van der Waals surface area contributed by atoms with Crippen LogP contribution in [0, 0.1) is 0 Å². The predicted molar refractivity (Wildman–Crippen MR) is 129 cm³/mol. The highest BCUT2D eigenvalue weighted by molar-refractivity contribution is 7.82. The smallest absolute Gasteiger partial charge is 0.329 e. The zero-order chi connectivity index (χ0) is 22.1. The molecule has 0 saturated carbocycles. The lowest BCUT2D eigenvalue weighted by molar-refractivity contribution is 0.257. The highest BCUT2D eigenvalue weighted by atomic mass is 35.5. The molecule has 3 aromatic carbocycles. The molecule has 0 aliphatic heterocycles. The standard InChI is InChI=1S/C24H25ClN2O3S/c25-20-11-7-18(8-12-20)19-9-13-22(14-10-19)29-15-2-1-3-16-30-23-6-4-5-21(17-23)27(31)24(26)28/h4-14,17,31H,1-3,15-16H2,(H2,26,28). The SMILES string of the molecule is NC(=O)N(S)c1cccc(OCCCCCOc2ccc(-c3ccc(Cl)cc3)cc2)c1. The van der Waals surface area contributed by atoms with Crippen molar-refractivity contribution in [2.45, 2.75) is 19.3 Å². The second kappa shape index (κ2) is 11.5. The number of anilines is 1. The second-order valence-corrected chi connectivity index (χ2v) is 7.77. The second-order valence-electron chi connectivity index (χ2n) is 6.94. The molecule has 3 rings (SSSR count). The van der Waals surface area contributed by atoms with Crippen LogP contribution >= 0.6 is 24.4 Å². The van der Waals surface area contributed by atoms with Gasteiger partial charge in [-0.2, -0.15) is 0 Å². The highest BCUT2D eigenvalue weighted by Crippen LogP contribution is 2.24. The number of carbonyl (C=O) groups is 1. The Labute approximate surface area is 193 Å². The zero-order valence-electron chi connectivity index (χ0n) is 17.0. The minimum absolute atomic E-state index is 0.573. The Morgan fingerprint density at radius 2 is 1.42 bits per heavy atom. The van der Waals surface area contributed by atoms with Crippen molar-refractivity contribution in [1.82, 2.24) is 0 Å². The van der Waals surface area contributed by atoms with Gasteiger partial charge in [0.1, 0.15) is 11.5 Å². The van der Waals surface area contributed by atoms with Crippen molar-refractivity contribution in [3.8, 4) is 22.6 Å². The van der Waals surface area contributed by atoms with E-state index in [9.17, 15) is 4.79 Å². The molecule has 5 nitrogen and oxygen atoms in total. The molecule has 0 bridgehead atoms. The molecule has 2 amide bonds. The van der Waals surface area contributed by atoms with Gasteiger partial charge in [0, 0.05) is 11.1 Å². The molecular weight excluding hydrogens is 432 g/mol. The van der Waals surface area contributed by atoms with E-state index >= 15 is 0 Å². The maximum atomic E-state index is 11.2. The monoisotopic (exact) mass is 456 g/mol. The van der Waals surface area contributed by atoms with Crippen LogP contribution in [0.15, 0.2) is 72.8 Å². The van der Waals surface area contributed by atoms with E-state index in [4.69, 9.17) is 26.8 Å². The van der Waals surface area contributed by atoms with Gasteiger partial charge in [-0.15, -0.1) is 0 Å². The fourth-order valence-corrected chi connectivity index (χ4v) is 3.23. The van der Waals surface area contributed by atoms with Crippen molar-refractivity contribution in [3.63, 3.8) is 0 Å². The van der Waals surface area contributed by atoms with Crippen LogP contribution in [0.3, 0.4) is 0 Å². The van der Waals surface area contributed by atoms with Gasteiger partial charge in [0.15, 0.2) is 0 Å². The van der Waals surface area contributed by atoms with Crippen LogP contribution in [0.25, 0.3) is 11.1 Å². The number of urea groups is 1. The summed E-state index contributed by atoms with van der Waals surface area (Å²) in [4.78, 5) is 11.2. The van der Waals surface area contributed by atoms with Gasteiger partial charge in [0.05, 0.1) is 18.9 Å². The maximum Gasteiger partial charge on any atom is 0.329 e. The van der Waals surface area contributed by atoms with Crippen LogP contribution in [-0.4, -0.2) is 19.2 Å². The van der Waals surface area contributed by atoms with Crippen molar-refractivity contribution in [2.75, 3.05) is 17.5 Å². The lowest BCUT2D eigenvalue weighted by Crippen LogP contribution is -2.27. The van der Waals surface area contributed by atoms with Gasteiger partial charge in [0.25, 0.3) is 0 Å². The molecule has 31 heavy (non-hydrogen) atoms. The number of nitrogens with zero attached hydrogens (tertiary/aromatic N) is 1. The molecule has 0 atom stereocenters. The lowest BCUT2D eigenvalue weighted by Gasteiger charge is -2.14. The Bertz CT molecular complexity index is 981. The Morgan fingerprint density at radius 1 is 0.839 bits per heavy atom. The van der Waals surface area contributed by atoms with Crippen molar-refractivity contribution in [1.29, 1.82) is 0 Å². The number of carbonyl (C=O) groups excluding carboxylic acids is 1. The first kappa shape index (κ1) is 22.8. The zero-order valence-corrected chi connectivity index (χ0v) is 18.7. The summed E-state index contributed by atoms with van der Waals surface area (Å²) in [7, 11) is 0. The average Bonchev–Trinajstić information content (AvgIpc) is 2.79. The van der Waals surface area contributed by atoms with E-state index in [2.05, 4.69) is 12.8 Å². The number of unbranched alkanes of at least 4 members (excludes halogenated alkanes) is 2. The molecule has 162 valence electrons. The van der Waals surface area contributed by atoms with Gasteiger partial charge in [-0.1, -0.05) is 54.7 Å². The lowest BCUT2D eigenvalue weighted by atomic mass is 10.1. The summed E-state index contributed by atoms with van der Waals surface area (Å²) in [5, 5.41) is 0.731. The van der Waals surface area contributed by atoms with Crippen LogP contribution in [0.2, 0.25) is 5.02 Å². The first-order valence-corrected chi connectivity index (χ1v) is 10.8. The van der Waals surface area contributed by atoms with Crippen molar-refractivity contribution in [2.24, 2.45) is 5.73 Å². The minimum atomic E-state index is -0.639. The maximum absolute atomic E-state index is 11.2.